The summed E-state index contributed by atoms with van der Waals surface area (Å²) >= 11 is 6.07. The Hall–Kier alpha value is -1.58. The predicted octanol–water partition coefficient (Wildman–Crippen LogP) is 4.11. The van der Waals surface area contributed by atoms with Gasteiger partial charge in [0.1, 0.15) is 18.2 Å². The molecule has 1 N–H and O–H groups in total. The molecule has 4 heteroatoms. The highest BCUT2D eigenvalue weighted by Crippen LogP contribution is 2.28. The lowest BCUT2D eigenvalue weighted by atomic mass is 10.1. The Morgan fingerprint density at radius 2 is 1.89 bits per heavy atom. The van der Waals surface area contributed by atoms with Crippen molar-refractivity contribution in [2.24, 2.45) is 0 Å². The maximum Gasteiger partial charge on any atom is 0.138 e. The molecule has 2 rings (SSSR count). The van der Waals surface area contributed by atoms with Crippen molar-refractivity contribution in [1.82, 2.24) is 0 Å². The normalized spacial score (nSPS) is 12.2. The van der Waals surface area contributed by atoms with Gasteiger partial charge in [-0.1, -0.05) is 29.8 Å². The van der Waals surface area contributed by atoms with Gasteiger partial charge in [0.2, 0.25) is 0 Å². The number of benzene rings is 2. The maximum absolute atomic E-state index is 12.7. The molecule has 2 aromatic rings. The van der Waals surface area contributed by atoms with E-state index < -0.39 is 6.10 Å². The number of hydrogen-bond donors (Lipinski definition) is 1. The zero-order valence-electron chi connectivity index (χ0n) is 10.4. The number of ether oxygens (including phenoxy) is 1. The number of aliphatic hydroxyl groups excluding tert-OH is 1. The largest absolute Gasteiger partial charge is 0.487 e. The van der Waals surface area contributed by atoms with Gasteiger partial charge in [-0.15, -0.1) is 0 Å². The predicted molar refractivity (Wildman–Crippen MR) is 72.8 cm³/mol. The summed E-state index contributed by atoms with van der Waals surface area (Å²) in [6.07, 6.45) is -0.566. The van der Waals surface area contributed by atoms with Crippen LogP contribution in [0.15, 0.2) is 42.5 Å². The highest BCUT2D eigenvalue weighted by molar-refractivity contribution is 6.32. The second-order valence-corrected chi connectivity index (χ2v) is 4.69. The van der Waals surface area contributed by atoms with Crippen molar-refractivity contribution < 1.29 is 14.2 Å². The zero-order valence-corrected chi connectivity index (χ0v) is 11.2. The molecule has 0 aliphatic rings. The quantitative estimate of drug-likeness (QED) is 0.913. The van der Waals surface area contributed by atoms with Crippen molar-refractivity contribution in [1.29, 1.82) is 0 Å². The number of aliphatic hydroxyl groups is 1. The first-order valence-corrected chi connectivity index (χ1v) is 6.29. The Labute approximate surface area is 116 Å². The zero-order chi connectivity index (χ0) is 13.8. The van der Waals surface area contributed by atoms with Crippen LogP contribution >= 0.6 is 11.6 Å². The molecule has 0 amide bonds. The molecule has 0 fully saturated rings. The third-order valence-corrected chi connectivity index (χ3v) is 3.04. The van der Waals surface area contributed by atoms with Crippen LogP contribution in [0.4, 0.5) is 4.39 Å². The van der Waals surface area contributed by atoms with Gasteiger partial charge in [-0.05, 0) is 42.3 Å². The lowest BCUT2D eigenvalue weighted by molar-refractivity contribution is 0.199. The summed E-state index contributed by atoms with van der Waals surface area (Å²) in [5.41, 5.74) is 1.59. The minimum absolute atomic E-state index is 0.275. The minimum Gasteiger partial charge on any atom is -0.487 e. The number of halogens is 2. The standard InChI is InChI=1S/C15H14ClFO2/c1-10(18)12-4-7-15(14(16)8-12)19-9-11-2-5-13(17)6-3-11/h2-8,10,18H,9H2,1H3/t10-/m0/s1. The van der Waals surface area contributed by atoms with Crippen molar-refractivity contribution in [3.8, 4) is 5.75 Å². The highest BCUT2D eigenvalue weighted by atomic mass is 35.5. The van der Waals surface area contributed by atoms with Crippen LogP contribution in [-0.2, 0) is 6.61 Å². The molecule has 0 aromatic heterocycles. The van der Waals surface area contributed by atoms with Crippen molar-refractivity contribution in [3.05, 3.63) is 64.4 Å². The molecule has 19 heavy (non-hydrogen) atoms. The highest BCUT2D eigenvalue weighted by Gasteiger charge is 2.06. The minimum atomic E-state index is -0.566. The Bertz CT molecular complexity index is 553. The molecule has 0 radical (unpaired) electrons. The van der Waals surface area contributed by atoms with E-state index >= 15 is 0 Å². The van der Waals surface area contributed by atoms with Gasteiger partial charge < -0.3 is 9.84 Å². The molecular weight excluding hydrogens is 267 g/mol. The Morgan fingerprint density at radius 1 is 1.21 bits per heavy atom. The van der Waals surface area contributed by atoms with Crippen LogP contribution in [0.3, 0.4) is 0 Å². The first-order valence-electron chi connectivity index (χ1n) is 5.91. The Balaban J connectivity index is 2.05. The second-order valence-electron chi connectivity index (χ2n) is 4.28. The van der Waals surface area contributed by atoms with E-state index in [9.17, 15) is 9.50 Å². The first-order chi connectivity index (χ1) is 9.06. The molecule has 0 saturated heterocycles. The summed E-state index contributed by atoms with van der Waals surface area (Å²) < 4.78 is 18.3. The molecule has 1 atom stereocenters. The van der Waals surface area contributed by atoms with E-state index in [1.54, 1.807) is 37.3 Å². The first kappa shape index (κ1) is 13.8. The third-order valence-electron chi connectivity index (χ3n) is 2.75. The summed E-state index contributed by atoms with van der Waals surface area (Å²) in [5, 5.41) is 9.88. The molecular formula is C15H14ClFO2. The van der Waals surface area contributed by atoms with E-state index in [-0.39, 0.29) is 5.82 Å². The van der Waals surface area contributed by atoms with E-state index in [2.05, 4.69) is 0 Å². The van der Waals surface area contributed by atoms with E-state index in [4.69, 9.17) is 16.3 Å². The van der Waals surface area contributed by atoms with E-state index in [1.807, 2.05) is 0 Å². The van der Waals surface area contributed by atoms with Crippen LogP contribution in [-0.4, -0.2) is 5.11 Å². The lowest BCUT2D eigenvalue weighted by Crippen LogP contribution is -1.97. The molecule has 0 saturated carbocycles. The van der Waals surface area contributed by atoms with Crippen molar-refractivity contribution in [3.63, 3.8) is 0 Å². The average molecular weight is 281 g/mol. The Morgan fingerprint density at radius 3 is 2.47 bits per heavy atom. The summed E-state index contributed by atoms with van der Waals surface area (Å²) in [6, 6.07) is 11.2. The van der Waals surface area contributed by atoms with Gasteiger partial charge in [0.05, 0.1) is 11.1 Å². The summed E-state index contributed by atoms with van der Waals surface area (Å²) in [6.45, 7) is 1.98. The molecule has 0 aliphatic heterocycles. The van der Waals surface area contributed by atoms with Crippen molar-refractivity contribution in [2.45, 2.75) is 19.6 Å². The van der Waals surface area contributed by atoms with Crippen LogP contribution in [0.1, 0.15) is 24.2 Å². The van der Waals surface area contributed by atoms with Gasteiger partial charge in [-0.2, -0.15) is 0 Å². The average Bonchev–Trinajstić information content (AvgIpc) is 2.39. The molecule has 0 spiro atoms. The van der Waals surface area contributed by atoms with Gasteiger partial charge in [0, 0.05) is 0 Å². The fraction of sp³-hybridized carbons (Fsp3) is 0.200. The van der Waals surface area contributed by atoms with Gasteiger partial charge in [0.15, 0.2) is 0 Å². The Kier molecular flexibility index (Phi) is 4.40. The maximum atomic E-state index is 12.7. The molecule has 0 bridgehead atoms. The number of hydrogen-bond acceptors (Lipinski definition) is 2. The monoisotopic (exact) mass is 280 g/mol. The van der Waals surface area contributed by atoms with Crippen molar-refractivity contribution in [2.75, 3.05) is 0 Å². The number of rotatable bonds is 4. The third kappa shape index (κ3) is 3.69. The molecule has 2 aromatic carbocycles. The molecule has 0 heterocycles. The van der Waals surface area contributed by atoms with Gasteiger partial charge in [0.25, 0.3) is 0 Å². The molecule has 0 unspecified atom stereocenters. The van der Waals surface area contributed by atoms with Crippen LogP contribution in [0.2, 0.25) is 5.02 Å². The van der Waals surface area contributed by atoms with Gasteiger partial charge in [-0.25, -0.2) is 4.39 Å². The van der Waals surface area contributed by atoms with E-state index in [1.165, 1.54) is 12.1 Å². The van der Waals surface area contributed by atoms with E-state index in [0.29, 0.717) is 17.4 Å². The SMILES string of the molecule is C[C@H](O)c1ccc(OCc2ccc(F)cc2)c(Cl)c1. The fourth-order valence-electron chi connectivity index (χ4n) is 1.64. The molecule has 0 aliphatic carbocycles. The van der Waals surface area contributed by atoms with Crippen LogP contribution < -0.4 is 4.74 Å². The molecule has 100 valence electrons. The van der Waals surface area contributed by atoms with Crippen molar-refractivity contribution >= 4 is 11.6 Å². The summed E-state index contributed by atoms with van der Waals surface area (Å²) in [5.74, 6) is 0.262. The smallest absolute Gasteiger partial charge is 0.138 e. The van der Waals surface area contributed by atoms with Crippen LogP contribution in [0, 0.1) is 5.82 Å². The summed E-state index contributed by atoms with van der Waals surface area (Å²) in [4.78, 5) is 0. The van der Waals surface area contributed by atoms with E-state index in [0.717, 1.165) is 11.1 Å². The van der Waals surface area contributed by atoms with Gasteiger partial charge in [-0.3, -0.25) is 0 Å². The topological polar surface area (TPSA) is 29.5 Å². The molecule has 2 nitrogen and oxygen atoms in total. The fourth-order valence-corrected chi connectivity index (χ4v) is 1.88. The van der Waals surface area contributed by atoms with Gasteiger partial charge >= 0.3 is 0 Å². The van der Waals surface area contributed by atoms with Crippen LogP contribution in [0.25, 0.3) is 0 Å². The van der Waals surface area contributed by atoms with Crippen LogP contribution in [0.5, 0.6) is 5.75 Å². The summed E-state index contributed by atoms with van der Waals surface area (Å²) in [7, 11) is 0. The second kappa shape index (κ2) is 6.04. The lowest BCUT2D eigenvalue weighted by Gasteiger charge is -2.11.